The third kappa shape index (κ3) is 3.61. The minimum absolute atomic E-state index is 0.0721. The van der Waals surface area contributed by atoms with E-state index in [0.717, 1.165) is 0 Å². The molecular formula is C25H41OSi2. The molecule has 1 unspecified atom stereocenters. The largest absolute Gasteiger partial charge is 0.497 e. The van der Waals surface area contributed by atoms with Gasteiger partial charge in [0.05, 0.1) is 15.9 Å². The molecule has 0 fully saturated rings. The van der Waals surface area contributed by atoms with Gasteiger partial charge in [0, 0.05) is 0 Å². The second-order valence-corrected chi connectivity index (χ2v) is 17.3. The van der Waals surface area contributed by atoms with Crippen LogP contribution in [-0.2, 0) is 5.41 Å². The molecule has 3 heteroatoms. The molecule has 1 aliphatic rings. The van der Waals surface area contributed by atoms with Crippen molar-refractivity contribution < 1.29 is 4.74 Å². The first-order valence-electron chi connectivity index (χ1n) is 10.6. The molecule has 0 saturated carbocycles. The second-order valence-electron chi connectivity index (χ2n) is 10.5. The van der Waals surface area contributed by atoms with Crippen molar-refractivity contribution in [3.63, 3.8) is 0 Å². The molecule has 0 N–H and O–H groups in total. The lowest BCUT2D eigenvalue weighted by molar-refractivity contribution is 0.401. The zero-order valence-corrected chi connectivity index (χ0v) is 22.6. The summed E-state index contributed by atoms with van der Waals surface area (Å²) in [5, 5.41) is 4.73. The molecule has 1 atom stereocenters. The molecule has 0 saturated heterocycles. The standard InChI is InChI=1S/C25H41OSi2/c1-15-14-20(22(26-9)21(25(6,7)8)23(15)27(10)11)28(12,13)24-18(4)16(2)17(3)19(24)5/h14,18H,1-13H3. The molecule has 0 bridgehead atoms. The summed E-state index contributed by atoms with van der Waals surface area (Å²) >= 11 is 0. The van der Waals surface area contributed by atoms with E-state index >= 15 is 0 Å². The smallest absolute Gasteiger partial charge is 0.122 e. The molecule has 1 aliphatic carbocycles. The van der Waals surface area contributed by atoms with Crippen LogP contribution in [0.3, 0.4) is 0 Å². The fourth-order valence-electron chi connectivity index (χ4n) is 5.35. The maximum absolute atomic E-state index is 6.23. The summed E-state index contributed by atoms with van der Waals surface area (Å²) < 4.78 is 6.23. The summed E-state index contributed by atoms with van der Waals surface area (Å²) in [6.45, 7) is 28.6. The molecular weight excluding hydrogens is 372 g/mol. The van der Waals surface area contributed by atoms with Crippen LogP contribution < -0.4 is 15.1 Å². The van der Waals surface area contributed by atoms with E-state index in [2.05, 4.69) is 87.6 Å². The van der Waals surface area contributed by atoms with Crippen LogP contribution in [-0.4, -0.2) is 24.0 Å². The molecule has 1 aromatic carbocycles. The first kappa shape index (κ1) is 23.2. The molecule has 2 rings (SSSR count). The Labute approximate surface area is 176 Å². The van der Waals surface area contributed by atoms with Gasteiger partial charge in [-0.1, -0.05) is 87.0 Å². The van der Waals surface area contributed by atoms with Crippen molar-refractivity contribution in [3.8, 4) is 5.75 Å². The van der Waals surface area contributed by atoms with E-state index in [4.69, 9.17) is 4.74 Å². The topological polar surface area (TPSA) is 9.23 Å². The highest BCUT2D eigenvalue weighted by molar-refractivity contribution is 6.96. The minimum atomic E-state index is -1.90. The summed E-state index contributed by atoms with van der Waals surface area (Å²) in [6, 6.07) is 2.49. The SMILES string of the molecule is COc1c([Si](C)(C)C2=C(C)C(C)=C(C)C2C)cc(C)c([Si](C)C)c1C(C)(C)C. The van der Waals surface area contributed by atoms with Gasteiger partial charge in [0.1, 0.15) is 13.8 Å². The molecule has 1 aromatic rings. The Morgan fingerprint density at radius 1 is 1.00 bits per heavy atom. The van der Waals surface area contributed by atoms with Gasteiger partial charge in [0.15, 0.2) is 0 Å². The maximum Gasteiger partial charge on any atom is 0.122 e. The molecule has 1 nitrogen and oxygen atoms in total. The maximum atomic E-state index is 6.23. The van der Waals surface area contributed by atoms with Gasteiger partial charge in [-0.3, -0.25) is 0 Å². The molecule has 28 heavy (non-hydrogen) atoms. The van der Waals surface area contributed by atoms with E-state index < -0.39 is 16.9 Å². The van der Waals surface area contributed by atoms with Gasteiger partial charge in [-0.15, -0.1) is 0 Å². The zero-order chi connectivity index (χ0) is 21.8. The lowest BCUT2D eigenvalue weighted by Crippen LogP contribution is -2.49. The summed E-state index contributed by atoms with van der Waals surface area (Å²) in [5.41, 5.74) is 7.56. The first-order valence-corrected chi connectivity index (χ1v) is 16.1. The van der Waals surface area contributed by atoms with Gasteiger partial charge >= 0.3 is 0 Å². The number of allylic oxidation sites excluding steroid dienone is 4. The Kier molecular flexibility index (Phi) is 6.34. The highest BCUT2D eigenvalue weighted by atomic mass is 28.3. The second kappa shape index (κ2) is 7.64. The van der Waals surface area contributed by atoms with E-state index in [-0.39, 0.29) is 5.41 Å². The number of rotatable bonds is 4. The van der Waals surface area contributed by atoms with Crippen molar-refractivity contribution in [2.24, 2.45) is 5.92 Å². The first-order chi connectivity index (χ1) is 12.7. The van der Waals surface area contributed by atoms with Crippen LogP contribution in [0.25, 0.3) is 0 Å². The molecule has 0 aliphatic heterocycles. The zero-order valence-electron chi connectivity index (χ0n) is 20.6. The summed E-state index contributed by atoms with van der Waals surface area (Å²) in [7, 11) is -0.608. The number of hydrogen-bond donors (Lipinski definition) is 0. The summed E-state index contributed by atoms with van der Waals surface area (Å²) in [5.74, 6) is 1.71. The average Bonchev–Trinajstić information content (AvgIpc) is 2.76. The Morgan fingerprint density at radius 3 is 1.89 bits per heavy atom. The van der Waals surface area contributed by atoms with E-state index in [1.807, 2.05) is 7.11 Å². The van der Waals surface area contributed by atoms with Crippen molar-refractivity contribution in [2.45, 2.75) is 87.0 Å². The lowest BCUT2D eigenvalue weighted by Gasteiger charge is -2.36. The van der Waals surface area contributed by atoms with Crippen molar-refractivity contribution in [2.75, 3.05) is 7.11 Å². The van der Waals surface area contributed by atoms with E-state index in [1.165, 1.54) is 33.2 Å². The third-order valence-electron chi connectivity index (χ3n) is 6.92. The molecule has 155 valence electrons. The number of benzene rings is 1. The van der Waals surface area contributed by atoms with Crippen LogP contribution in [0.4, 0.5) is 0 Å². The average molecular weight is 414 g/mol. The van der Waals surface area contributed by atoms with E-state index in [9.17, 15) is 0 Å². The lowest BCUT2D eigenvalue weighted by atomic mass is 9.85. The Morgan fingerprint density at radius 2 is 1.54 bits per heavy atom. The molecule has 0 amide bonds. The fourth-order valence-corrected chi connectivity index (χ4v) is 11.3. The summed E-state index contributed by atoms with van der Waals surface area (Å²) in [4.78, 5) is 0. The Hall–Kier alpha value is -1.07. The van der Waals surface area contributed by atoms with Crippen LogP contribution in [0.1, 0.15) is 59.6 Å². The predicted octanol–water partition coefficient (Wildman–Crippen LogP) is 6.02. The van der Waals surface area contributed by atoms with Crippen LogP contribution in [0.2, 0.25) is 26.2 Å². The monoisotopic (exact) mass is 413 g/mol. The van der Waals surface area contributed by atoms with E-state index in [1.54, 1.807) is 16.0 Å². The van der Waals surface area contributed by atoms with Crippen molar-refractivity contribution in [1.29, 1.82) is 0 Å². The Balaban J connectivity index is 2.89. The van der Waals surface area contributed by atoms with Gasteiger partial charge in [-0.05, 0) is 55.4 Å². The number of ether oxygens (including phenoxy) is 1. The third-order valence-corrected chi connectivity index (χ3v) is 12.4. The van der Waals surface area contributed by atoms with Crippen LogP contribution >= 0.6 is 0 Å². The molecule has 1 radical (unpaired) electrons. The van der Waals surface area contributed by atoms with E-state index in [0.29, 0.717) is 5.92 Å². The predicted molar refractivity (Wildman–Crippen MR) is 131 cm³/mol. The number of methoxy groups -OCH3 is 1. The van der Waals surface area contributed by atoms with Crippen LogP contribution in [0.5, 0.6) is 5.75 Å². The summed E-state index contributed by atoms with van der Waals surface area (Å²) in [6.07, 6.45) is 0. The van der Waals surface area contributed by atoms with Crippen LogP contribution in [0.15, 0.2) is 28.0 Å². The van der Waals surface area contributed by atoms with Gasteiger partial charge in [0.25, 0.3) is 0 Å². The van der Waals surface area contributed by atoms with Crippen molar-refractivity contribution in [1.82, 2.24) is 0 Å². The molecule has 0 aromatic heterocycles. The highest BCUT2D eigenvalue weighted by Gasteiger charge is 2.41. The molecule has 0 heterocycles. The van der Waals surface area contributed by atoms with Gasteiger partial charge < -0.3 is 4.74 Å². The normalized spacial score (nSPS) is 18.6. The highest BCUT2D eigenvalue weighted by Crippen LogP contribution is 2.43. The Bertz CT molecular complexity index is 848. The fraction of sp³-hybridized carbons (Fsp3) is 0.600. The van der Waals surface area contributed by atoms with Crippen molar-refractivity contribution >= 4 is 27.2 Å². The quantitative estimate of drug-likeness (QED) is 0.548. The van der Waals surface area contributed by atoms with Gasteiger partial charge in [0.2, 0.25) is 0 Å². The van der Waals surface area contributed by atoms with Gasteiger partial charge in [-0.25, -0.2) is 0 Å². The molecule has 0 spiro atoms. The van der Waals surface area contributed by atoms with Crippen molar-refractivity contribution in [3.05, 3.63) is 39.1 Å². The van der Waals surface area contributed by atoms with Crippen LogP contribution in [0, 0.1) is 12.8 Å². The number of hydrogen-bond acceptors (Lipinski definition) is 1. The minimum Gasteiger partial charge on any atom is -0.497 e. The van der Waals surface area contributed by atoms with Gasteiger partial charge in [-0.2, -0.15) is 0 Å². The number of aryl methyl sites for hydroxylation is 1.